The SMILES string of the molecule is CCCc1nc(C)c2c(=O)[nH]c(-c3c[c-]ccc3OCC)nn12.Cl.[O]=[Os]. The molecule has 0 unspecified atom stereocenters. The van der Waals surface area contributed by atoms with Crippen LogP contribution >= 0.6 is 12.4 Å². The molecule has 0 aliphatic carbocycles. The maximum atomic E-state index is 12.5. The van der Waals surface area contributed by atoms with Gasteiger partial charge in [-0.25, -0.2) is 9.50 Å². The van der Waals surface area contributed by atoms with Gasteiger partial charge in [-0.1, -0.05) is 6.92 Å². The molecule has 0 aliphatic heterocycles. The summed E-state index contributed by atoms with van der Waals surface area (Å²) in [6, 6.07) is 8.35. The summed E-state index contributed by atoms with van der Waals surface area (Å²) in [6.07, 6.45) is 1.70. The van der Waals surface area contributed by atoms with Crippen LogP contribution in [0.5, 0.6) is 5.75 Å². The van der Waals surface area contributed by atoms with Gasteiger partial charge in [-0.15, -0.1) is 18.5 Å². The van der Waals surface area contributed by atoms with Crippen LogP contribution in [0.3, 0.4) is 0 Å². The summed E-state index contributed by atoms with van der Waals surface area (Å²) in [5, 5.41) is 4.59. The zero-order chi connectivity index (χ0) is 18.4. The number of aromatic amines is 1. The molecule has 2 aromatic heterocycles. The first-order chi connectivity index (χ1) is 12.2. The monoisotopic (exact) mass is 555 g/mol. The first-order valence-corrected chi connectivity index (χ1v) is 8.95. The number of aryl methyl sites for hydroxylation is 2. The van der Waals surface area contributed by atoms with Gasteiger partial charge in [0.25, 0.3) is 5.56 Å². The molecule has 0 saturated heterocycles. The van der Waals surface area contributed by atoms with Crippen LogP contribution in [-0.4, -0.2) is 26.2 Å². The van der Waals surface area contributed by atoms with E-state index in [9.17, 15) is 4.79 Å². The average molecular weight is 554 g/mol. The van der Waals surface area contributed by atoms with Crippen LogP contribution < -0.4 is 10.3 Å². The molecule has 0 saturated carbocycles. The Labute approximate surface area is 167 Å². The van der Waals surface area contributed by atoms with Crippen LogP contribution in [-0.2, 0) is 28.5 Å². The molecule has 3 aromatic rings. The van der Waals surface area contributed by atoms with E-state index in [2.05, 4.69) is 28.1 Å². The number of hydrogen-bond acceptors (Lipinski definition) is 5. The average Bonchev–Trinajstić information content (AvgIpc) is 2.94. The molecule has 142 valence electrons. The van der Waals surface area contributed by atoms with E-state index < -0.39 is 0 Å². The van der Waals surface area contributed by atoms with Crippen molar-refractivity contribution < 1.29 is 26.8 Å². The summed E-state index contributed by atoms with van der Waals surface area (Å²) in [5.41, 5.74) is 1.70. The summed E-state index contributed by atoms with van der Waals surface area (Å²) >= 11 is 0.611. The van der Waals surface area contributed by atoms with E-state index in [1.165, 1.54) is 0 Å². The van der Waals surface area contributed by atoms with Crippen LogP contribution in [0, 0.1) is 13.0 Å². The number of halogens is 1. The Morgan fingerprint density at radius 3 is 2.73 bits per heavy atom. The molecule has 0 radical (unpaired) electrons. The first kappa shape index (κ1) is 22.1. The van der Waals surface area contributed by atoms with Crippen molar-refractivity contribution in [1.82, 2.24) is 19.6 Å². The number of benzene rings is 1. The third-order valence-electron chi connectivity index (χ3n) is 3.60. The van der Waals surface area contributed by atoms with E-state index in [0.29, 0.717) is 53.5 Å². The van der Waals surface area contributed by atoms with Gasteiger partial charge in [0.15, 0.2) is 5.52 Å². The van der Waals surface area contributed by atoms with Crippen molar-refractivity contribution >= 4 is 17.9 Å². The Hall–Kier alpha value is -1.90. The predicted octanol–water partition coefficient (Wildman–Crippen LogP) is 2.84. The van der Waals surface area contributed by atoms with E-state index in [0.717, 1.165) is 18.7 Å². The Bertz CT molecular complexity index is 926. The number of imidazole rings is 1. The minimum atomic E-state index is -0.200. The fraction of sp³-hybridized carbons (Fsp3) is 0.353. The van der Waals surface area contributed by atoms with Crippen molar-refractivity contribution in [2.24, 2.45) is 0 Å². The number of hydrogen-bond donors (Lipinski definition) is 1. The first-order valence-electron chi connectivity index (χ1n) is 7.92. The predicted molar refractivity (Wildman–Crippen MR) is 95.7 cm³/mol. The van der Waals surface area contributed by atoms with Gasteiger partial charge in [0.2, 0.25) is 0 Å². The number of nitrogens with one attached hydrogen (secondary N) is 1. The third-order valence-corrected chi connectivity index (χ3v) is 3.60. The second kappa shape index (κ2) is 10.3. The van der Waals surface area contributed by atoms with Crippen LogP contribution in [0.4, 0.5) is 0 Å². The third kappa shape index (κ3) is 4.43. The summed E-state index contributed by atoms with van der Waals surface area (Å²) in [5.74, 6) is 1.92. The van der Waals surface area contributed by atoms with Crippen molar-refractivity contribution in [3.63, 3.8) is 0 Å². The number of nitrogens with zero attached hydrogens (tertiary/aromatic N) is 3. The number of aromatic nitrogens is 4. The molecule has 1 aromatic carbocycles. The Kier molecular flexibility index (Phi) is 8.77. The molecule has 0 fully saturated rings. The molecule has 7 nitrogen and oxygen atoms in total. The van der Waals surface area contributed by atoms with Crippen LogP contribution in [0.2, 0.25) is 0 Å². The van der Waals surface area contributed by atoms with Crippen LogP contribution in [0.25, 0.3) is 16.9 Å². The summed E-state index contributed by atoms with van der Waals surface area (Å²) in [6.45, 7) is 6.35. The van der Waals surface area contributed by atoms with Gasteiger partial charge >= 0.3 is 22.1 Å². The van der Waals surface area contributed by atoms with Gasteiger partial charge in [-0.2, -0.15) is 23.3 Å². The topological polar surface area (TPSA) is 89.3 Å². The fourth-order valence-electron chi connectivity index (χ4n) is 2.63. The molecule has 3 rings (SSSR count). The van der Waals surface area contributed by atoms with E-state index in [-0.39, 0.29) is 18.0 Å². The number of fused-ring (bicyclic) bond motifs is 1. The Morgan fingerprint density at radius 1 is 1.35 bits per heavy atom. The molecule has 2 heterocycles. The molecule has 0 amide bonds. The quantitative estimate of drug-likeness (QED) is 0.491. The fourth-order valence-corrected chi connectivity index (χ4v) is 2.63. The minimum absolute atomic E-state index is 0. The van der Waals surface area contributed by atoms with Gasteiger partial charge in [0.05, 0.1) is 12.3 Å². The summed E-state index contributed by atoms with van der Waals surface area (Å²) in [7, 11) is 0. The Morgan fingerprint density at radius 2 is 2.08 bits per heavy atom. The molecular weight excluding hydrogens is 534 g/mol. The van der Waals surface area contributed by atoms with E-state index in [1.54, 1.807) is 16.6 Å². The van der Waals surface area contributed by atoms with Crippen LogP contribution in [0.1, 0.15) is 31.8 Å². The molecule has 0 aliphatic rings. The van der Waals surface area contributed by atoms with Crippen molar-refractivity contribution in [1.29, 1.82) is 0 Å². The van der Waals surface area contributed by atoms with Crippen molar-refractivity contribution in [2.75, 3.05) is 6.61 Å². The van der Waals surface area contributed by atoms with E-state index >= 15 is 0 Å². The molecule has 26 heavy (non-hydrogen) atoms. The molecular formula is C17H20ClN4O3Os-. The zero-order valence-electron chi connectivity index (χ0n) is 14.7. The van der Waals surface area contributed by atoms with Crippen molar-refractivity contribution in [3.8, 4) is 17.1 Å². The zero-order valence-corrected chi connectivity index (χ0v) is 18.0. The van der Waals surface area contributed by atoms with Gasteiger partial charge in [0.1, 0.15) is 11.6 Å². The molecule has 0 spiro atoms. The second-order valence-corrected chi connectivity index (χ2v) is 5.28. The number of rotatable bonds is 5. The summed E-state index contributed by atoms with van der Waals surface area (Å²) in [4.78, 5) is 19.8. The molecule has 0 bridgehead atoms. The summed E-state index contributed by atoms with van der Waals surface area (Å²) < 4.78 is 15.5. The molecule has 1 N–H and O–H groups in total. The van der Waals surface area contributed by atoms with Gasteiger partial charge in [0, 0.05) is 12.2 Å². The normalized spacial score (nSPS) is 10.0. The second-order valence-electron chi connectivity index (χ2n) is 5.28. The molecule has 9 heteroatoms. The van der Waals surface area contributed by atoms with Crippen LogP contribution in [0.15, 0.2) is 23.0 Å². The van der Waals surface area contributed by atoms with Crippen molar-refractivity contribution in [2.45, 2.75) is 33.6 Å². The number of H-pyrrole nitrogens is 1. The number of ether oxygens (including phenoxy) is 1. The van der Waals surface area contributed by atoms with Crippen molar-refractivity contribution in [3.05, 3.63) is 46.1 Å². The van der Waals surface area contributed by atoms with Gasteiger partial charge < -0.3 is 9.72 Å². The molecule has 0 atom stereocenters. The van der Waals surface area contributed by atoms with Gasteiger partial charge in [-0.3, -0.25) is 4.79 Å². The van der Waals surface area contributed by atoms with E-state index in [4.69, 9.17) is 8.28 Å². The van der Waals surface area contributed by atoms with Gasteiger partial charge in [-0.05, 0) is 25.8 Å². The Balaban J connectivity index is 0.00000109. The standard InChI is InChI=1S/C17H19N4O2.ClH.O.Os/c1-4-8-14-18-11(3)15-17(22)19-16(20-21(14)15)12-9-6-7-10-13(12)23-5-2;;;/h7,9-10H,4-5,8H2,1-3H3,(H,19,20,22);1H;;/q-1;;;. The van der Waals surface area contributed by atoms with E-state index in [1.807, 2.05) is 19.9 Å². The maximum absolute atomic E-state index is 12.5.